The lowest BCUT2D eigenvalue weighted by Crippen LogP contribution is -2.43. The van der Waals surface area contributed by atoms with E-state index in [-0.39, 0.29) is 36.5 Å². The molecule has 1 aliphatic rings. The Kier molecular flexibility index (Phi) is 10.5. The number of carbonyl (C=O) groups excluding carboxylic acids is 2. The molecule has 4 aromatic carbocycles. The van der Waals surface area contributed by atoms with Gasteiger partial charge in [0, 0.05) is 41.4 Å². The van der Waals surface area contributed by atoms with Crippen molar-refractivity contribution in [1.29, 1.82) is 0 Å². The fraction of sp³-hybridized carbons (Fsp3) is 0.297. The van der Waals surface area contributed by atoms with Crippen LogP contribution in [0.1, 0.15) is 81.7 Å². The van der Waals surface area contributed by atoms with Crippen LogP contribution >= 0.6 is 0 Å². The maximum Gasteiger partial charge on any atom is 0.255 e. The lowest BCUT2D eigenvalue weighted by atomic mass is 9.98. The van der Waals surface area contributed by atoms with Crippen molar-refractivity contribution in [3.05, 3.63) is 137 Å². The van der Waals surface area contributed by atoms with Crippen LogP contribution in [0, 0.1) is 0 Å². The van der Waals surface area contributed by atoms with Gasteiger partial charge in [-0.15, -0.1) is 0 Å². The Bertz CT molecular complexity index is 1590. The Morgan fingerprint density at radius 2 is 1.60 bits per heavy atom. The highest BCUT2D eigenvalue weighted by Gasteiger charge is 2.34. The van der Waals surface area contributed by atoms with E-state index < -0.39 is 12.4 Å². The first-order chi connectivity index (χ1) is 21.7. The van der Waals surface area contributed by atoms with Gasteiger partial charge in [-0.05, 0) is 61.9 Å². The molecule has 1 aliphatic heterocycles. The smallest absolute Gasteiger partial charge is 0.255 e. The van der Waals surface area contributed by atoms with Gasteiger partial charge in [-0.3, -0.25) is 14.5 Å². The Labute approximate surface area is 264 Å². The van der Waals surface area contributed by atoms with Crippen molar-refractivity contribution in [2.75, 3.05) is 18.9 Å². The predicted octanol–water partition coefficient (Wildman–Crippen LogP) is 6.23. The van der Waals surface area contributed by atoms with E-state index in [0.717, 1.165) is 16.7 Å². The maximum atomic E-state index is 13.2. The number of likely N-dealkylation sites (N-methyl/N-ethyl adjacent to an activating group) is 1. The minimum Gasteiger partial charge on any atom is -0.392 e. The normalized spacial score (nSPS) is 19.6. The van der Waals surface area contributed by atoms with E-state index in [1.165, 1.54) is 6.92 Å². The molecule has 4 aromatic rings. The molecule has 1 fully saturated rings. The van der Waals surface area contributed by atoms with Crippen LogP contribution in [0.25, 0.3) is 0 Å². The van der Waals surface area contributed by atoms with Gasteiger partial charge in [0.1, 0.15) is 0 Å². The third-order valence-corrected chi connectivity index (χ3v) is 8.35. The third kappa shape index (κ3) is 8.11. The van der Waals surface area contributed by atoms with E-state index in [1.54, 1.807) is 42.5 Å². The zero-order chi connectivity index (χ0) is 31.9. The number of carbonyl (C=O) groups is 2. The summed E-state index contributed by atoms with van der Waals surface area (Å²) in [6.07, 6.45) is -1.37. The zero-order valence-electron chi connectivity index (χ0n) is 25.8. The number of hydrogen-bond donors (Lipinski definition) is 3. The van der Waals surface area contributed by atoms with Crippen LogP contribution in [0.3, 0.4) is 0 Å². The number of ether oxygens (including phenoxy) is 2. The number of nitrogens with one attached hydrogen (secondary N) is 1. The van der Waals surface area contributed by atoms with E-state index >= 15 is 0 Å². The number of nitrogens with zero attached hydrogens (tertiary/aromatic N) is 1. The molecular formula is C37H40N2O6. The molecule has 5 rings (SSSR count). The van der Waals surface area contributed by atoms with Crippen molar-refractivity contribution in [3.8, 4) is 0 Å². The molecule has 0 aliphatic carbocycles. The van der Waals surface area contributed by atoms with Gasteiger partial charge < -0.3 is 25.0 Å². The number of hydrogen-bond acceptors (Lipinski definition) is 7. The topological polar surface area (TPSA) is 108 Å². The molecular weight excluding hydrogens is 568 g/mol. The van der Waals surface area contributed by atoms with E-state index in [4.69, 9.17) is 9.47 Å². The second kappa shape index (κ2) is 14.7. The Hall–Kier alpha value is -4.18. The predicted molar refractivity (Wildman–Crippen MR) is 173 cm³/mol. The molecule has 0 aromatic heterocycles. The number of rotatable bonds is 11. The summed E-state index contributed by atoms with van der Waals surface area (Å²) in [6.45, 7) is 3.98. The van der Waals surface area contributed by atoms with Crippen LogP contribution in [0.5, 0.6) is 0 Å². The van der Waals surface area contributed by atoms with Crippen LogP contribution in [0.4, 0.5) is 5.69 Å². The number of ketones is 1. The average molecular weight is 609 g/mol. The third-order valence-electron chi connectivity index (χ3n) is 8.35. The Morgan fingerprint density at radius 1 is 0.889 bits per heavy atom. The van der Waals surface area contributed by atoms with Crippen LogP contribution < -0.4 is 5.32 Å². The number of aliphatic hydroxyl groups excluding tert-OH is 2. The second-order valence-electron chi connectivity index (χ2n) is 11.6. The highest BCUT2D eigenvalue weighted by atomic mass is 16.7. The number of amides is 1. The quantitative estimate of drug-likeness (QED) is 0.173. The molecule has 45 heavy (non-hydrogen) atoms. The fourth-order valence-electron chi connectivity index (χ4n) is 5.54. The molecule has 0 saturated carbocycles. The van der Waals surface area contributed by atoms with Gasteiger partial charge in [0.15, 0.2) is 12.1 Å². The van der Waals surface area contributed by atoms with Crippen LogP contribution in [0.15, 0.2) is 103 Å². The fourth-order valence-corrected chi connectivity index (χ4v) is 5.54. The monoisotopic (exact) mass is 608 g/mol. The average Bonchev–Trinajstić information content (AvgIpc) is 3.08. The summed E-state index contributed by atoms with van der Waals surface area (Å²) < 4.78 is 13.0. The van der Waals surface area contributed by atoms with Crippen molar-refractivity contribution >= 4 is 17.4 Å². The molecule has 0 spiro atoms. The van der Waals surface area contributed by atoms with Crippen LogP contribution in [0.2, 0.25) is 0 Å². The van der Waals surface area contributed by atoms with Crippen molar-refractivity contribution in [3.63, 3.8) is 0 Å². The van der Waals surface area contributed by atoms with Gasteiger partial charge in [0.05, 0.1) is 24.9 Å². The lowest BCUT2D eigenvalue weighted by molar-refractivity contribution is -0.253. The standard InChI is InChI=1S/C37H40N2O6/c1-24(35(42)28-9-5-4-6-10-28)39(3)22-33-21-34(27-17-15-26(23-40)16-18-27)45-37(44-33)31-13-7-12-30(19-31)36(43)38-32-14-8-11-29(20-32)25(2)41/h4-20,24,33-35,37,40,42H,21-23H2,1-3H3,(H,38,43)/t24-,33-,34+,35-,37?/m0/s1. The summed E-state index contributed by atoms with van der Waals surface area (Å²) in [5, 5.41) is 23.5. The summed E-state index contributed by atoms with van der Waals surface area (Å²) in [5.41, 5.74) is 4.81. The van der Waals surface area contributed by atoms with Gasteiger partial charge in [0.25, 0.3) is 5.91 Å². The van der Waals surface area contributed by atoms with Crippen LogP contribution in [-0.2, 0) is 16.1 Å². The highest BCUT2D eigenvalue weighted by molar-refractivity contribution is 6.05. The van der Waals surface area contributed by atoms with Crippen LogP contribution in [-0.4, -0.2) is 52.5 Å². The van der Waals surface area contributed by atoms with E-state index in [0.29, 0.717) is 35.3 Å². The van der Waals surface area contributed by atoms with Gasteiger partial charge in [-0.2, -0.15) is 0 Å². The van der Waals surface area contributed by atoms with Gasteiger partial charge in [-0.1, -0.05) is 78.9 Å². The molecule has 3 N–H and O–H groups in total. The molecule has 1 unspecified atom stereocenters. The molecule has 8 nitrogen and oxygen atoms in total. The molecule has 0 bridgehead atoms. The van der Waals surface area contributed by atoms with Gasteiger partial charge in [-0.25, -0.2) is 0 Å². The minimum absolute atomic E-state index is 0.0412. The number of aliphatic hydroxyl groups is 2. The molecule has 234 valence electrons. The molecule has 5 atom stereocenters. The maximum absolute atomic E-state index is 13.2. The van der Waals surface area contributed by atoms with Gasteiger partial charge in [0.2, 0.25) is 0 Å². The van der Waals surface area contributed by atoms with Crippen molar-refractivity contribution < 1.29 is 29.3 Å². The first kappa shape index (κ1) is 32.2. The largest absolute Gasteiger partial charge is 0.392 e. The summed E-state index contributed by atoms with van der Waals surface area (Å²) in [6, 6.07) is 31.1. The molecule has 0 radical (unpaired) electrons. The molecule has 1 heterocycles. The summed E-state index contributed by atoms with van der Waals surface area (Å²) >= 11 is 0. The van der Waals surface area contributed by atoms with E-state index in [1.807, 2.05) is 74.6 Å². The SMILES string of the molecule is CC(=O)c1cccc(NC(=O)c2cccc(C3O[C@H](CN(C)[C@@H](C)[C@H](O)c4ccccc4)C[C@H](c4ccc(CO)cc4)O3)c2)c1. The Balaban J connectivity index is 1.36. The second-order valence-corrected chi connectivity index (χ2v) is 11.6. The zero-order valence-corrected chi connectivity index (χ0v) is 25.8. The van der Waals surface area contributed by atoms with Crippen molar-refractivity contribution in [2.24, 2.45) is 0 Å². The lowest BCUT2D eigenvalue weighted by Gasteiger charge is -2.39. The molecule has 1 saturated heterocycles. The number of anilines is 1. The van der Waals surface area contributed by atoms with Crippen molar-refractivity contribution in [1.82, 2.24) is 4.90 Å². The summed E-state index contributed by atoms with van der Waals surface area (Å²) in [5.74, 6) is -0.395. The van der Waals surface area contributed by atoms with Gasteiger partial charge >= 0.3 is 0 Å². The first-order valence-electron chi connectivity index (χ1n) is 15.2. The number of benzene rings is 4. The minimum atomic E-state index is -0.747. The summed E-state index contributed by atoms with van der Waals surface area (Å²) in [7, 11) is 1.97. The number of Topliss-reactive ketones (excluding diaryl/α,β-unsaturated/α-hetero) is 1. The molecule has 8 heteroatoms. The first-order valence-corrected chi connectivity index (χ1v) is 15.2. The molecule has 1 amide bonds. The highest BCUT2D eigenvalue weighted by Crippen LogP contribution is 2.38. The Morgan fingerprint density at radius 3 is 2.31 bits per heavy atom. The van der Waals surface area contributed by atoms with E-state index in [2.05, 4.69) is 10.2 Å². The van der Waals surface area contributed by atoms with E-state index in [9.17, 15) is 19.8 Å². The summed E-state index contributed by atoms with van der Waals surface area (Å²) in [4.78, 5) is 27.1. The van der Waals surface area contributed by atoms with Crippen molar-refractivity contribution in [2.45, 2.75) is 57.5 Å².